The van der Waals surface area contributed by atoms with Crippen molar-refractivity contribution in [2.45, 2.75) is 32.2 Å². The van der Waals surface area contributed by atoms with Gasteiger partial charge in [0.05, 0.1) is 24.6 Å². The minimum Gasteiger partial charge on any atom is -0.467 e. The van der Waals surface area contributed by atoms with Crippen LogP contribution in [0.4, 0.5) is 4.79 Å². The van der Waals surface area contributed by atoms with Gasteiger partial charge in [0.15, 0.2) is 0 Å². The Kier molecular flexibility index (Phi) is 4.64. The highest BCUT2D eigenvalue weighted by Gasteiger charge is 2.48. The van der Waals surface area contributed by atoms with Crippen LogP contribution in [0.15, 0.2) is 22.8 Å². The van der Waals surface area contributed by atoms with Gasteiger partial charge in [0.25, 0.3) is 0 Å². The second-order valence-electron chi connectivity index (χ2n) is 6.07. The molecule has 2 N–H and O–H groups in total. The summed E-state index contributed by atoms with van der Waals surface area (Å²) in [5, 5.41) is 4.58. The average Bonchev–Trinajstić information content (AvgIpc) is 3.17. The van der Waals surface area contributed by atoms with Gasteiger partial charge < -0.3 is 9.73 Å². The monoisotopic (exact) mass is 333 g/mol. The van der Waals surface area contributed by atoms with Crippen LogP contribution in [0.25, 0.3) is 0 Å². The molecular weight excluding hydrogens is 314 g/mol. The zero-order chi connectivity index (χ0) is 17.1. The van der Waals surface area contributed by atoms with Gasteiger partial charge in [0.1, 0.15) is 12.3 Å². The maximum atomic E-state index is 12.3. The maximum Gasteiger partial charge on any atom is 0.321 e. The van der Waals surface area contributed by atoms with Crippen molar-refractivity contribution in [1.82, 2.24) is 15.5 Å². The van der Waals surface area contributed by atoms with Gasteiger partial charge in [-0.3, -0.25) is 24.6 Å². The summed E-state index contributed by atoms with van der Waals surface area (Å²) in [6, 6.07) is 2.67. The Bertz CT molecular complexity index is 631. The molecule has 0 unspecified atom stereocenters. The molecule has 5 amide bonds. The second-order valence-corrected chi connectivity index (χ2v) is 6.07. The summed E-state index contributed by atoms with van der Waals surface area (Å²) >= 11 is 0. The summed E-state index contributed by atoms with van der Waals surface area (Å²) in [6.45, 7) is -0.281. The van der Waals surface area contributed by atoms with Crippen molar-refractivity contribution in [3.05, 3.63) is 24.2 Å². The second kappa shape index (κ2) is 6.86. The average molecular weight is 333 g/mol. The van der Waals surface area contributed by atoms with E-state index in [2.05, 4.69) is 10.6 Å². The molecule has 1 saturated carbocycles. The first-order valence-electron chi connectivity index (χ1n) is 8.01. The van der Waals surface area contributed by atoms with Crippen molar-refractivity contribution < 1.29 is 23.6 Å². The number of imide groups is 2. The van der Waals surface area contributed by atoms with Gasteiger partial charge in [0, 0.05) is 0 Å². The zero-order valence-electron chi connectivity index (χ0n) is 13.1. The molecule has 2 fully saturated rings. The Morgan fingerprint density at radius 2 is 1.83 bits per heavy atom. The Morgan fingerprint density at radius 1 is 1.17 bits per heavy atom. The van der Waals surface area contributed by atoms with Crippen LogP contribution in [0.3, 0.4) is 0 Å². The highest BCUT2D eigenvalue weighted by Crippen LogP contribution is 2.37. The molecule has 2 atom stereocenters. The largest absolute Gasteiger partial charge is 0.467 e. The first-order valence-corrected chi connectivity index (χ1v) is 8.01. The number of hydrogen-bond donors (Lipinski definition) is 2. The molecular formula is C16H19N3O5. The highest BCUT2D eigenvalue weighted by molar-refractivity contribution is 6.08. The molecule has 0 aromatic carbocycles. The summed E-state index contributed by atoms with van der Waals surface area (Å²) in [4.78, 5) is 49.1. The molecule has 2 heterocycles. The lowest BCUT2D eigenvalue weighted by molar-refractivity contribution is -0.143. The smallest absolute Gasteiger partial charge is 0.321 e. The lowest BCUT2D eigenvalue weighted by Crippen LogP contribution is -2.46. The fourth-order valence-corrected chi connectivity index (χ4v) is 3.32. The number of urea groups is 1. The zero-order valence-corrected chi connectivity index (χ0v) is 13.1. The SMILES string of the molecule is O=C(CN1C(=O)[C@@H]2CCCC[C@H]2C1=O)NC(=O)NCc1ccco1. The molecule has 1 aromatic rings. The number of carbonyl (C=O) groups is 4. The van der Waals surface area contributed by atoms with Crippen LogP contribution in [0, 0.1) is 11.8 Å². The number of likely N-dealkylation sites (tertiary alicyclic amines) is 1. The predicted molar refractivity (Wildman–Crippen MR) is 81.3 cm³/mol. The lowest BCUT2D eigenvalue weighted by atomic mass is 9.81. The van der Waals surface area contributed by atoms with E-state index >= 15 is 0 Å². The maximum absolute atomic E-state index is 12.3. The van der Waals surface area contributed by atoms with Gasteiger partial charge in [-0.25, -0.2) is 4.79 Å². The summed E-state index contributed by atoms with van der Waals surface area (Å²) in [5.41, 5.74) is 0. The van der Waals surface area contributed by atoms with E-state index in [-0.39, 0.29) is 30.2 Å². The van der Waals surface area contributed by atoms with Gasteiger partial charge in [-0.05, 0) is 25.0 Å². The van der Waals surface area contributed by atoms with Gasteiger partial charge in [0.2, 0.25) is 17.7 Å². The van der Waals surface area contributed by atoms with Crippen LogP contribution in [-0.2, 0) is 20.9 Å². The van der Waals surface area contributed by atoms with Gasteiger partial charge in [-0.2, -0.15) is 0 Å². The molecule has 1 aliphatic heterocycles. The molecule has 0 bridgehead atoms. The van der Waals surface area contributed by atoms with E-state index in [1.54, 1.807) is 12.1 Å². The number of rotatable bonds is 4. The fraction of sp³-hybridized carbons (Fsp3) is 0.500. The van der Waals surface area contributed by atoms with E-state index in [0.717, 1.165) is 17.7 Å². The summed E-state index contributed by atoms with van der Waals surface area (Å²) in [5.74, 6) is -1.33. The van der Waals surface area contributed by atoms with E-state index in [1.165, 1.54) is 6.26 Å². The van der Waals surface area contributed by atoms with Crippen LogP contribution in [0.2, 0.25) is 0 Å². The van der Waals surface area contributed by atoms with Crippen molar-refractivity contribution in [2.75, 3.05) is 6.54 Å². The summed E-state index contributed by atoms with van der Waals surface area (Å²) in [6.07, 6.45) is 4.71. The fourth-order valence-electron chi connectivity index (χ4n) is 3.32. The standard InChI is InChI=1S/C16H19N3O5/c20-13(18-16(23)17-8-10-4-3-7-24-10)9-19-14(21)11-5-1-2-6-12(11)15(19)22/h3-4,7,11-12H,1-2,5-6,8-9H2,(H2,17,18,20,23)/t11-,12-/m1/s1. The van der Waals surface area contributed by atoms with E-state index in [1.807, 2.05) is 0 Å². The summed E-state index contributed by atoms with van der Waals surface area (Å²) in [7, 11) is 0. The molecule has 1 saturated heterocycles. The van der Waals surface area contributed by atoms with E-state index < -0.39 is 18.5 Å². The van der Waals surface area contributed by atoms with Crippen molar-refractivity contribution in [1.29, 1.82) is 0 Å². The topological polar surface area (TPSA) is 109 Å². The molecule has 0 radical (unpaired) electrons. The van der Waals surface area contributed by atoms with Gasteiger partial charge in [-0.1, -0.05) is 12.8 Å². The molecule has 2 aliphatic rings. The number of carbonyl (C=O) groups excluding carboxylic acids is 4. The normalized spacial score (nSPS) is 23.1. The minimum absolute atomic E-state index is 0.137. The molecule has 8 heteroatoms. The third-order valence-electron chi connectivity index (χ3n) is 4.49. The Morgan fingerprint density at radius 3 is 2.42 bits per heavy atom. The Labute approximate surface area is 138 Å². The number of fused-ring (bicyclic) bond motifs is 1. The molecule has 1 aliphatic carbocycles. The minimum atomic E-state index is -0.701. The van der Waals surface area contributed by atoms with E-state index in [0.29, 0.717) is 18.6 Å². The molecule has 128 valence electrons. The molecule has 3 rings (SSSR count). The van der Waals surface area contributed by atoms with Crippen LogP contribution in [0.1, 0.15) is 31.4 Å². The first-order chi connectivity index (χ1) is 11.6. The third kappa shape index (κ3) is 3.32. The van der Waals surface area contributed by atoms with Crippen LogP contribution >= 0.6 is 0 Å². The number of nitrogens with one attached hydrogen (secondary N) is 2. The Balaban J connectivity index is 1.50. The summed E-state index contributed by atoms with van der Waals surface area (Å²) < 4.78 is 5.05. The predicted octanol–water partition coefficient (Wildman–Crippen LogP) is 0.781. The van der Waals surface area contributed by atoms with Crippen molar-refractivity contribution in [3.8, 4) is 0 Å². The van der Waals surface area contributed by atoms with Gasteiger partial charge >= 0.3 is 6.03 Å². The third-order valence-corrected chi connectivity index (χ3v) is 4.49. The van der Waals surface area contributed by atoms with E-state index in [9.17, 15) is 19.2 Å². The number of hydrogen-bond acceptors (Lipinski definition) is 5. The molecule has 1 aromatic heterocycles. The number of amides is 5. The van der Waals surface area contributed by atoms with E-state index in [4.69, 9.17) is 4.42 Å². The van der Waals surface area contributed by atoms with Crippen LogP contribution in [-0.4, -0.2) is 35.2 Å². The molecule has 0 spiro atoms. The van der Waals surface area contributed by atoms with Gasteiger partial charge in [-0.15, -0.1) is 0 Å². The number of nitrogens with zero attached hydrogens (tertiary/aromatic N) is 1. The van der Waals surface area contributed by atoms with Crippen molar-refractivity contribution in [2.24, 2.45) is 11.8 Å². The number of furan rings is 1. The molecule has 24 heavy (non-hydrogen) atoms. The van der Waals surface area contributed by atoms with Crippen LogP contribution in [0.5, 0.6) is 0 Å². The van der Waals surface area contributed by atoms with Crippen molar-refractivity contribution >= 4 is 23.8 Å². The quantitative estimate of drug-likeness (QED) is 0.792. The highest BCUT2D eigenvalue weighted by atomic mass is 16.3. The van der Waals surface area contributed by atoms with Crippen LogP contribution < -0.4 is 10.6 Å². The first kappa shape index (κ1) is 16.2. The van der Waals surface area contributed by atoms with Crippen molar-refractivity contribution in [3.63, 3.8) is 0 Å². The lowest BCUT2D eigenvalue weighted by Gasteiger charge is -2.19. The molecule has 8 nitrogen and oxygen atoms in total. The Hall–Kier alpha value is -2.64.